The van der Waals surface area contributed by atoms with Crippen LogP contribution >= 0.6 is 0 Å². The van der Waals surface area contributed by atoms with Gasteiger partial charge >= 0.3 is 5.63 Å². The van der Waals surface area contributed by atoms with E-state index in [9.17, 15) is 9.90 Å². The maximum Gasteiger partial charge on any atom is 0.358 e. The number of aromatic hydroxyl groups is 1. The Hall–Kier alpha value is -1.97. The zero-order valence-corrected chi connectivity index (χ0v) is 7.60. The molecule has 2 rings (SSSR count). The molecule has 1 N–H and O–H groups in total. The number of aryl methyl sites for hydroxylation is 1. The summed E-state index contributed by atoms with van der Waals surface area (Å²) in [7, 11) is 1.64. The summed E-state index contributed by atoms with van der Waals surface area (Å²) in [6.07, 6.45) is 0. The van der Waals surface area contributed by atoms with Gasteiger partial charge < -0.3 is 9.63 Å². The first-order chi connectivity index (χ1) is 6.66. The Kier molecular flexibility index (Phi) is 1.89. The molecule has 4 nitrogen and oxygen atoms in total. The molecule has 0 saturated carbocycles. The first kappa shape index (κ1) is 8.62. The van der Waals surface area contributed by atoms with Crippen molar-refractivity contribution < 1.29 is 9.63 Å². The van der Waals surface area contributed by atoms with E-state index in [0.717, 1.165) is 5.56 Å². The van der Waals surface area contributed by atoms with Gasteiger partial charge in [0.25, 0.3) is 0 Å². The van der Waals surface area contributed by atoms with E-state index >= 15 is 0 Å². The molecule has 0 fully saturated rings. The lowest BCUT2D eigenvalue weighted by atomic mass is 10.1. The Bertz CT molecular complexity index is 510. The molecule has 0 aliphatic heterocycles. The van der Waals surface area contributed by atoms with Crippen LogP contribution in [-0.2, 0) is 7.05 Å². The van der Waals surface area contributed by atoms with Crippen molar-refractivity contribution in [2.24, 2.45) is 7.05 Å². The first-order valence-electron chi connectivity index (χ1n) is 4.13. The normalized spacial score (nSPS) is 10.4. The third-order valence-corrected chi connectivity index (χ3v) is 1.96. The van der Waals surface area contributed by atoms with Gasteiger partial charge in [-0.2, -0.15) is 0 Å². The van der Waals surface area contributed by atoms with Crippen LogP contribution in [0.1, 0.15) is 0 Å². The monoisotopic (exact) mass is 191 g/mol. The van der Waals surface area contributed by atoms with Gasteiger partial charge in [0.15, 0.2) is 0 Å². The van der Waals surface area contributed by atoms with E-state index in [1.807, 2.05) is 0 Å². The highest BCUT2D eigenvalue weighted by atomic mass is 16.5. The molecule has 2 aromatic rings. The fourth-order valence-corrected chi connectivity index (χ4v) is 1.34. The second-order valence-corrected chi connectivity index (χ2v) is 2.99. The maximum absolute atomic E-state index is 10.9. The van der Waals surface area contributed by atoms with Crippen molar-refractivity contribution >= 4 is 0 Å². The van der Waals surface area contributed by atoms with Gasteiger partial charge in [-0.3, -0.25) is 0 Å². The minimum absolute atomic E-state index is 0.163. The van der Waals surface area contributed by atoms with Gasteiger partial charge in [0.1, 0.15) is 5.75 Å². The van der Waals surface area contributed by atoms with Crippen LogP contribution in [-0.4, -0.2) is 9.85 Å². The summed E-state index contributed by atoms with van der Waals surface area (Å²) < 4.78 is 6.16. The molecule has 0 saturated heterocycles. The average molecular weight is 191 g/mol. The van der Waals surface area contributed by atoms with Crippen LogP contribution in [0.15, 0.2) is 39.6 Å². The van der Waals surface area contributed by atoms with Crippen LogP contribution in [0.25, 0.3) is 11.3 Å². The van der Waals surface area contributed by atoms with Crippen molar-refractivity contribution in [2.75, 3.05) is 0 Å². The van der Waals surface area contributed by atoms with Crippen LogP contribution in [0.2, 0.25) is 0 Å². The lowest BCUT2D eigenvalue weighted by Gasteiger charge is -2.00. The van der Waals surface area contributed by atoms with Gasteiger partial charge in [-0.15, -0.1) is 0 Å². The van der Waals surface area contributed by atoms with Gasteiger partial charge in [0.2, 0.25) is 0 Å². The molecular weight excluding hydrogens is 182 g/mol. The fourth-order valence-electron chi connectivity index (χ4n) is 1.34. The van der Waals surface area contributed by atoms with Gasteiger partial charge in [-0.05, 0) is 12.1 Å². The fraction of sp³-hybridized carbons (Fsp3) is 0.100. The summed E-state index contributed by atoms with van der Waals surface area (Å²) >= 11 is 0. The Balaban J connectivity index is 2.59. The number of rotatable bonds is 1. The number of aromatic nitrogens is 1. The number of nitrogens with zero attached hydrogens (tertiary/aromatic N) is 1. The number of benzene rings is 1. The molecular formula is C10H9NO3. The highest BCUT2D eigenvalue weighted by Gasteiger charge is 2.06. The van der Waals surface area contributed by atoms with Crippen molar-refractivity contribution in [1.82, 2.24) is 4.74 Å². The summed E-state index contributed by atoms with van der Waals surface area (Å²) in [6, 6.07) is 8.03. The topological polar surface area (TPSA) is 55.4 Å². The molecule has 0 radical (unpaired) electrons. The standard InChI is InChI=1S/C10H9NO3/c1-11-9(6-10(13)14-11)7-3-2-4-8(12)5-7/h2-6,12H,1H3. The minimum atomic E-state index is -0.397. The van der Waals surface area contributed by atoms with E-state index in [0.29, 0.717) is 5.69 Å². The summed E-state index contributed by atoms with van der Waals surface area (Å²) in [4.78, 5) is 10.9. The SMILES string of the molecule is Cn1oc(=O)cc1-c1cccc(O)c1. The van der Waals surface area contributed by atoms with E-state index in [1.165, 1.54) is 10.8 Å². The third kappa shape index (κ3) is 1.42. The Morgan fingerprint density at radius 2 is 2.14 bits per heavy atom. The molecule has 0 bridgehead atoms. The van der Waals surface area contributed by atoms with Crippen LogP contribution in [0.3, 0.4) is 0 Å². The van der Waals surface area contributed by atoms with E-state index < -0.39 is 5.63 Å². The predicted molar refractivity (Wildman–Crippen MR) is 51.0 cm³/mol. The summed E-state index contributed by atoms with van der Waals surface area (Å²) in [5.74, 6) is 0.163. The molecule has 0 unspecified atom stereocenters. The molecule has 72 valence electrons. The Labute approximate surface area is 80.0 Å². The highest BCUT2D eigenvalue weighted by molar-refractivity contribution is 5.60. The van der Waals surface area contributed by atoms with Crippen LogP contribution < -0.4 is 5.63 Å². The maximum atomic E-state index is 10.9. The quantitative estimate of drug-likeness (QED) is 0.740. The van der Waals surface area contributed by atoms with Crippen molar-refractivity contribution in [3.05, 3.63) is 40.8 Å². The zero-order chi connectivity index (χ0) is 10.1. The molecule has 4 heteroatoms. The van der Waals surface area contributed by atoms with Gasteiger partial charge in [-0.25, -0.2) is 9.53 Å². The summed E-state index contributed by atoms with van der Waals surface area (Å²) in [5.41, 5.74) is 0.995. The molecule has 0 spiro atoms. The van der Waals surface area contributed by atoms with Crippen molar-refractivity contribution in [3.8, 4) is 17.0 Å². The number of hydrogen-bond donors (Lipinski definition) is 1. The molecule has 0 aliphatic rings. The largest absolute Gasteiger partial charge is 0.508 e. The predicted octanol–water partition coefficient (Wildman–Crippen LogP) is 1.35. The molecule has 1 aromatic carbocycles. The van der Waals surface area contributed by atoms with E-state index in [2.05, 4.69) is 0 Å². The second-order valence-electron chi connectivity index (χ2n) is 2.99. The van der Waals surface area contributed by atoms with Crippen molar-refractivity contribution in [2.45, 2.75) is 0 Å². The number of hydrogen-bond acceptors (Lipinski definition) is 3. The van der Waals surface area contributed by atoms with Gasteiger partial charge in [-0.1, -0.05) is 12.1 Å². The number of phenolic OH excluding ortho intramolecular Hbond substituents is 1. The molecule has 0 amide bonds. The molecule has 1 aromatic heterocycles. The van der Waals surface area contributed by atoms with Crippen molar-refractivity contribution in [3.63, 3.8) is 0 Å². The second kappa shape index (κ2) is 3.06. The molecule has 0 aliphatic carbocycles. The third-order valence-electron chi connectivity index (χ3n) is 1.96. The van der Waals surface area contributed by atoms with E-state index in [-0.39, 0.29) is 5.75 Å². The average Bonchev–Trinajstić information content (AvgIpc) is 2.45. The highest BCUT2D eigenvalue weighted by Crippen LogP contribution is 2.21. The van der Waals surface area contributed by atoms with Crippen molar-refractivity contribution in [1.29, 1.82) is 0 Å². The zero-order valence-electron chi connectivity index (χ0n) is 7.60. The smallest absolute Gasteiger partial charge is 0.358 e. The molecule has 14 heavy (non-hydrogen) atoms. The first-order valence-corrected chi connectivity index (χ1v) is 4.13. The van der Waals surface area contributed by atoms with E-state index in [1.54, 1.807) is 31.3 Å². The lowest BCUT2D eigenvalue weighted by molar-refractivity contribution is 0.289. The Morgan fingerprint density at radius 1 is 1.36 bits per heavy atom. The van der Waals surface area contributed by atoms with Crippen LogP contribution in [0.5, 0.6) is 5.75 Å². The minimum Gasteiger partial charge on any atom is -0.508 e. The molecule has 1 heterocycles. The van der Waals surface area contributed by atoms with Crippen LogP contribution in [0.4, 0.5) is 0 Å². The van der Waals surface area contributed by atoms with Crippen LogP contribution in [0, 0.1) is 0 Å². The number of phenols is 1. The summed E-state index contributed by atoms with van der Waals surface area (Å²) in [6.45, 7) is 0. The Morgan fingerprint density at radius 3 is 2.71 bits per heavy atom. The van der Waals surface area contributed by atoms with E-state index in [4.69, 9.17) is 4.52 Å². The van der Waals surface area contributed by atoms with Gasteiger partial charge in [0, 0.05) is 12.6 Å². The summed E-state index contributed by atoms with van der Waals surface area (Å²) in [5, 5.41) is 9.25. The van der Waals surface area contributed by atoms with Gasteiger partial charge in [0.05, 0.1) is 11.8 Å². The molecule has 0 atom stereocenters. The lowest BCUT2D eigenvalue weighted by Crippen LogP contribution is -1.90.